The predicted octanol–water partition coefficient (Wildman–Crippen LogP) is 2.05. The molecular weight excluding hydrogens is 300 g/mol. The first-order valence-corrected chi connectivity index (χ1v) is 8.86. The Morgan fingerprint density at radius 2 is 0.833 bits per heavy atom. The fourth-order valence-electron chi connectivity index (χ4n) is 2.40. The van der Waals surface area contributed by atoms with Crippen LogP contribution in [0.15, 0.2) is 37.2 Å². The molecule has 0 spiro atoms. The van der Waals surface area contributed by atoms with Crippen LogP contribution in [0.3, 0.4) is 0 Å². The monoisotopic (exact) mass is 336 g/mol. The van der Waals surface area contributed by atoms with Crippen molar-refractivity contribution in [2.75, 3.05) is 60.8 Å². The van der Waals surface area contributed by atoms with Gasteiger partial charge >= 0.3 is 0 Å². The summed E-state index contributed by atoms with van der Waals surface area (Å²) in [5, 5.41) is 0. The zero-order valence-electron chi connectivity index (χ0n) is 16.4. The third kappa shape index (κ3) is 7.53. The van der Waals surface area contributed by atoms with E-state index in [2.05, 4.69) is 109 Å². The van der Waals surface area contributed by atoms with Gasteiger partial charge in [-0.2, -0.15) is 0 Å². The van der Waals surface area contributed by atoms with Crippen LogP contribution in [0.5, 0.6) is 0 Å². The quantitative estimate of drug-likeness (QED) is 0.780. The summed E-state index contributed by atoms with van der Waals surface area (Å²) in [5.74, 6) is 0. The van der Waals surface area contributed by atoms with Crippen molar-refractivity contribution in [3.8, 4) is 0 Å². The molecule has 6 heteroatoms. The SMILES string of the molecule is CCN1C=CN(C)C1.CCN1C=CN(CC)C1.CN1C=CN(C)C1. The summed E-state index contributed by atoms with van der Waals surface area (Å²) in [7, 11) is 6.19. The molecule has 3 rings (SSSR count). The lowest BCUT2D eigenvalue weighted by atomic mass is 10.6. The molecular formula is C18H36N6. The Kier molecular flexibility index (Phi) is 8.97. The Bertz CT molecular complexity index is 398. The Labute approximate surface area is 148 Å². The van der Waals surface area contributed by atoms with Gasteiger partial charge in [0.05, 0.1) is 20.0 Å². The number of hydrogen-bond acceptors (Lipinski definition) is 6. The molecule has 0 unspecified atom stereocenters. The van der Waals surface area contributed by atoms with Gasteiger partial charge in [-0.15, -0.1) is 0 Å². The standard InChI is InChI=1S/C7H14N2.C6H12N2.C5H10N2/c1-3-8-5-6-9(4-2)7-8;1-3-8-5-4-7(2)6-8;1-6-3-4-7(2)5-6/h5-6H,3-4,7H2,1-2H3;4-5H,3,6H2,1-2H3;3-4H,5H2,1-2H3. The topological polar surface area (TPSA) is 19.4 Å². The molecule has 6 nitrogen and oxygen atoms in total. The van der Waals surface area contributed by atoms with E-state index >= 15 is 0 Å². The van der Waals surface area contributed by atoms with Crippen LogP contribution in [0.1, 0.15) is 20.8 Å². The smallest absolute Gasteiger partial charge is 0.0893 e. The minimum atomic E-state index is 1.03. The normalized spacial score (nSPS) is 18.2. The van der Waals surface area contributed by atoms with Crippen molar-refractivity contribution in [1.29, 1.82) is 0 Å². The molecule has 0 N–H and O–H groups in total. The highest BCUT2D eigenvalue weighted by Crippen LogP contribution is 2.03. The van der Waals surface area contributed by atoms with Crippen LogP contribution in [0.25, 0.3) is 0 Å². The van der Waals surface area contributed by atoms with Crippen LogP contribution in [-0.2, 0) is 0 Å². The Morgan fingerprint density at radius 1 is 0.500 bits per heavy atom. The lowest BCUT2D eigenvalue weighted by Crippen LogP contribution is -2.24. The van der Waals surface area contributed by atoms with E-state index in [9.17, 15) is 0 Å². The van der Waals surface area contributed by atoms with Crippen molar-refractivity contribution in [1.82, 2.24) is 29.4 Å². The predicted molar refractivity (Wildman–Crippen MR) is 102 cm³/mol. The zero-order chi connectivity index (χ0) is 17.9. The Morgan fingerprint density at radius 3 is 1.04 bits per heavy atom. The van der Waals surface area contributed by atoms with Crippen molar-refractivity contribution in [3.63, 3.8) is 0 Å². The Hall–Kier alpha value is -1.98. The van der Waals surface area contributed by atoms with Crippen LogP contribution in [0, 0.1) is 0 Å². The van der Waals surface area contributed by atoms with Gasteiger partial charge < -0.3 is 29.4 Å². The molecule has 3 heterocycles. The van der Waals surface area contributed by atoms with Crippen LogP contribution in [0.2, 0.25) is 0 Å². The first-order chi connectivity index (χ1) is 11.5. The third-order valence-electron chi connectivity index (χ3n) is 4.03. The molecule has 0 bridgehead atoms. The third-order valence-corrected chi connectivity index (χ3v) is 4.03. The van der Waals surface area contributed by atoms with Gasteiger partial charge in [-0.05, 0) is 20.8 Å². The summed E-state index contributed by atoms with van der Waals surface area (Å²) in [4.78, 5) is 13.2. The molecule has 0 aromatic heterocycles. The fourth-order valence-corrected chi connectivity index (χ4v) is 2.40. The fraction of sp³-hybridized carbons (Fsp3) is 0.667. The Balaban J connectivity index is 0.000000181. The highest BCUT2D eigenvalue weighted by atomic mass is 15.3. The molecule has 0 atom stereocenters. The highest BCUT2D eigenvalue weighted by Gasteiger charge is 2.06. The molecule has 0 saturated heterocycles. The largest absolute Gasteiger partial charge is 0.362 e. The molecule has 24 heavy (non-hydrogen) atoms. The summed E-state index contributed by atoms with van der Waals surface area (Å²) in [6.45, 7) is 13.0. The van der Waals surface area contributed by atoms with Crippen molar-refractivity contribution >= 4 is 0 Å². The van der Waals surface area contributed by atoms with E-state index < -0.39 is 0 Å². The number of hydrogen-bond donors (Lipinski definition) is 0. The molecule has 3 aliphatic heterocycles. The summed E-state index contributed by atoms with van der Waals surface area (Å²) in [6, 6.07) is 0. The maximum absolute atomic E-state index is 2.28. The van der Waals surface area contributed by atoms with E-state index in [-0.39, 0.29) is 0 Å². The molecule has 0 radical (unpaired) electrons. The average Bonchev–Trinajstić information content (AvgIpc) is 3.30. The van der Waals surface area contributed by atoms with Gasteiger partial charge in [0.2, 0.25) is 0 Å². The van der Waals surface area contributed by atoms with Crippen molar-refractivity contribution in [2.24, 2.45) is 0 Å². The lowest BCUT2D eigenvalue weighted by Gasteiger charge is -2.17. The second kappa shape index (κ2) is 10.7. The molecule has 0 aromatic rings. The number of nitrogens with zero attached hydrogens (tertiary/aromatic N) is 6. The van der Waals surface area contributed by atoms with Crippen LogP contribution >= 0.6 is 0 Å². The van der Waals surface area contributed by atoms with Gasteiger partial charge in [-0.3, -0.25) is 0 Å². The van der Waals surface area contributed by atoms with Crippen molar-refractivity contribution in [3.05, 3.63) is 37.2 Å². The van der Waals surface area contributed by atoms with Gasteiger partial charge in [0.25, 0.3) is 0 Å². The molecule has 3 aliphatic rings. The highest BCUT2D eigenvalue weighted by molar-refractivity contribution is 4.89. The van der Waals surface area contributed by atoms with Crippen LogP contribution in [0.4, 0.5) is 0 Å². The molecule has 0 saturated carbocycles. The van der Waals surface area contributed by atoms with E-state index in [0.717, 1.165) is 39.6 Å². The van der Waals surface area contributed by atoms with Gasteiger partial charge in [-0.1, -0.05) is 0 Å². The van der Waals surface area contributed by atoms with E-state index in [1.807, 2.05) is 0 Å². The van der Waals surface area contributed by atoms with Gasteiger partial charge in [0, 0.05) is 78.0 Å². The average molecular weight is 337 g/mol. The van der Waals surface area contributed by atoms with Gasteiger partial charge in [0.1, 0.15) is 0 Å². The minimum absolute atomic E-state index is 1.03. The first kappa shape index (κ1) is 20.1. The van der Waals surface area contributed by atoms with Gasteiger partial charge in [0.15, 0.2) is 0 Å². The summed E-state index contributed by atoms with van der Waals surface area (Å²) >= 11 is 0. The molecule has 0 aromatic carbocycles. The summed E-state index contributed by atoms with van der Waals surface area (Å²) in [6.07, 6.45) is 12.6. The van der Waals surface area contributed by atoms with E-state index in [1.165, 1.54) is 0 Å². The summed E-state index contributed by atoms with van der Waals surface area (Å²) < 4.78 is 0. The van der Waals surface area contributed by atoms with E-state index in [0.29, 0.717) is 0 Å². The minimum Gasteiger partial charge on any atom is -0.362 e. The second-order valence-electron chi connectivity index (χ2n) is 6.30. The molecule has 138 valence electrons. The molecule has 0 aliphatic carbocycles. The number of rotatable bonds is 3. The van der Waals surface area contributed by atoms with Crippen molar-refractivity contribution in [2.45, 2.75) is 20.8 Å². The molecule has 0 amide bonds. The lowest BCUT2D eigenvalue weighted by molar-refractivity contribution is 0.282. The first-order valence-electron chi connectivity index (χ1n) is 8.86. The zero-order valence-corrected chi connectivity index (χ0v) is 16.4. The van der Waals surface area contributed by atoms with E-state index in [4.69, 9.17) is 0 Å². The molecule has 0 fully saturated rings. The van der Waals surface area contributed by atoms with Gasteiger partial charge in [-0.25, -0.2) is 0 Å². The van der Waals surface area contributed by atoms with Crippen molar-refractivity contribution < 1.29 is 0 Å². The van der Waals surface area contributed by atoms with E-state index in [1.54, 1.807) is 0 Å². The van der Waals surface area contributed by atoms with Crippen LogP contribution < -0.4 is 0 Å². The maximum Gasteiger partial charge on any atom is 0.0893 e. The van der Waals surface area contributed by atoms with Crippen LogP contribution in [-0.4, -0.2) is 90.2 Å². The second-order valence-corrected chi connectivity index (χ2v) is 6.30. The maximum atomic E-state index is 2.28. The summed E-state index contributed by atoms with van der Waals surface area (Å²) in [5.41, 5.74) is 0.